The summed E-state index contributed by atoms with van der Waals surface area (Å²) in [6.07, 6.45) is 0.832. The summed E-state index contributed by atoms with van der Waals surface area (Å²) < 4.78 is 4.75. The Morgan fingerprint density at radius 1 is 1.61 bits per heavy atom. The average Bonchev–Trinajstić information content (AvgIpc) is 2.39. The first-order chi connectivity index (χ1) is 8.69. The Morgan fingerprint density at radius 2 is 2.39 bits per heavy atom. The Bertz CT molecular complexity index is 538. The maximum Gasteiger partial charge on any atom is 0.338 e. The summed E-state index contributed by atoms with van der Waals surface area (Å²) in [7, 11) is 1.37. The topological polar surface area (TPSA) is 75.1 Å². The number of azide groups is 1. The Labute approximate surface area is 109 Å². The molecule has 2 rings (SSSR count). The van der Waals surface area contributed by atoms with Gasteiger partial charge in [-0.05, 0) is 41.8 Å². The number of carbonyl (C=O) groups excluding carboxylic acids is 1. The van der Waals surface area contributed by atoms with E-state index in [1.807, 2.05) is 13.0 Å². The molecule has 18 heavy (non-hydrogen) atoms. The van der Waals surface area contributed by atoms with Crippen LogP contribution >= 0.6 is 11.8 Å². The van der Waals surface area contributed by atoms with Crippen molar-refractivity contribution in [3.05, 3.63) is 39.3 Å². The molecule has 0 saturated carbocycles. The van der Waals surface area contributed by atoms with E-state index in [0.717, 1.165) is 28.2 Å². The van der Waals surface area contributed by atoms with Crippen LogP contribution in [0.25, 0.3) is 10.4 Å². The van der Waals surface area contributed by atoms with Crippen LogP contribution in [-0.2, 0) is 4.74 Å². The van der Waals surface area contributed by atoms with E-state index in [1.165, 1.54) is 7.11 Å². The van der Waals surface area contributed by atoms with E-state index in [1.54, 1.807) is 17.8 Å². The molecule has 0 N–H and O–H groups in total. The summed E-state index contributed by atoms with van der Waals surface area (Å²) in [5.74, 6) is 0.559. The predicted octanol–water partition coefficient (Wildman–Crippen LogP) is 3.63. The zero-order chi connectivity index (χ0) is 13.1. The third kappa shape index (κ3) is 2.17. The van der Waals surface area contributed by atoms with Crippen molar-refractivity contribution in [2.24, 2.45) is 5.11 Å². The lowest BCUT2D eigenvalue weighted by atomic mass is 9.98. The van der Waals surface area contributed by atoms with Gasteiger partial charge in [0.05, 0.1) is 18.7 Å². The SMILES string of the molecule is COC(=O)c1ccc2c(c1C)SCC[C@@H]2N=[N+]=[N-]. The molecule has 1 heterocycles. The quantitative estimate of drug-likeness (QED) is 0.354. The van der Waals surface area contributed by atoms with Crippen molar-refractivity contribution < 1.29 is 9.53 Å². The van der Waals surface area contributed by atoms with E-state index in [-0.39, 0.29) is 12.0 Å². The highest BCUT2D eigenvalue weighted by Crippen LogP contribution is 2.41. The molecule has 0 bridgehead atoms. The van der Waals surface area contributed by atoms with Gasteiger partial charge in [-0.2, -0.15) is 0 Å². The van der Waals surface area contributed by atoms with Crippen molar-refractivity contribution in [2.45, 2.75) is 24.3 Å². The molecule has 94 valence electrons. The van der Waals surface area contributed by atoms with Crippen molar-refractivity contribution in [3.63, 3.8) is 0 Å². The number of hydrogen-bond acceptors (Lipinski definition) is 4. The summed E-state index contributed by atoms with van der Waals surface area (Å²) in [6.45, 7) is 1.90. The lowest BCUT2D eigenvalue weighted by Gasteiger charge is -2.23. The van der Waals surface area contributed by atoms with Crippen molar-refractivity contribution in [1.29, 1.82) is 0 Å². The molecule has 6 heteroatoms. The van der Waals surface area contributed by atoms with E-state index in [2.05, 4.69) is 10.0 Å². The van der Waals surface area contributed by atoms with Crippen LogP contribution in [0.2, 0.25) is 0 Å². The van der Waals surface area contributed by atoms with E-state index in [0.29, 0.717) is 5.56 Å². The number of esters is 1. The van der Waals surface area contributed by atoms with Crippen molar-refractivity contribution in [2.75, 3.05) is 12.9 Å². The van der Waals surface area contributed by atoms with E-state index >= 15 is 0 Å². The molecule has 5 nitrogen and oxygen atoms in total. The number of methoxy groups -OCH3 is 1. The minimum absolute atomic E-state index is 0.128. The second-order valence-electron chi connectivity index (χ2n) is 4.01. The average molecular weight is 263 g/mol. The van der Waals surface area contributed by atoms with Gasteiger partial charge >= 0.3 is 5.97 Å². The number of thioether (sulfide) groups is 1. The van der Waals surface area contributed by atoms with Crippen LogP contribution in [0.4, 0.5) is 0 Å². The van der Waals surface area contributed by atoms with Crippen LogP contribution in [0.15, 0.2) is 22.1 Å². The molecule has 1 aromatic rings. The lowest BCUT2D eigenvalue weighted by Crippen LogP contribution is -2.10. The van der Waals surface area contributed by atoms with Crippen LogP contribution in [0.1, 0.15) is 33.9 Å². The largest absolute Gasteiger partial charge is 0.465 e. The third-order valence-corrected chi connectivity index (χ3v) is 4.30. The van der Waals surface area contributed by atoms with Gasteiger partial charge in [-0.25, -0.2) is 4.79 Å². The predicted molar refractivity (Wildman–Crippen MR) is 69.7 cm³/mol. The van der Waals surface area contributed by atoms with E-state index in [4.69, 9.17) is 10.3 Å². The van der Waals surface area contributed by atoms with Gasteiger partial charge in [-0.1, -0.05) is 11.2 Å². The van der Waals surface area contributed by atoms with Crippen molar-refractivity contribution in [1.82, 2.24) is 0 Å². The number of hydrogen-bond donors (Lipinski definition) is 0. The number of fused-ring (bicyclic) bond motifs is 1. The fourth-order valence-corrected chi connectivity index (χ4v) is 3.35. The Balaban J connectivity index is 2.51. The molecule has 1 atom stereocenters. The summed E-state index contributed by atoms with van der Waals surface area (Å²) in [5.41, 5.74) is 11.1. The molecule has 0 spiro atoms. The Hall–Kier alpha value is -1.65. The van der Waals surface area contributed by atoms with Crippen LogP contribution in [-0.4, -0.2) is 18.8 Å². The van der Waals surface area contributed by atoms with Crippen LogP contribution in [0, 0.1) is 6.92 Å². The molecule has 0 unspecified atom stereocenters. The second kappa shape index (κ2) is 5.33. The minimum atomic E-state index is -0.332. The highest BCUT2D eigenvalue weighted by atomic mass is 32.2. The first kappa shape index (κ1) is 12.8. The van der Waals surface area contributed by atoms with Gasteiger partial charge in [-0.15, -0.1) is 11.8 Å². The Morgan fingerprint density at radius 3 is 3.06 bits per heavy atom. The third-order valence-electron chi connectivity index (χ3n) is 3.03. The molecule has 0 aromatic heterocycles. The molecule has 0 radical (unpaired) electrons. The van der Waals surface area contributed by atoms with Gasteiger partial charge in [0, 0.05) is 9.81 Å². The molecule has 1 aromatic carbocycles. The van der Waals surface area contributed by atoms with Crippen LogP contribution in [0.5, 0.6) is 0 Å². The summed E-state index contributed by atoms with van der Waals surface area (Å²) >= 11 is 1.70. The molecule has 0 saturated heterocycles. The second-order valence-corrected chi connectivity index (χ2v) is 5.11. The zero-order valence-electron chi connectivity index (χ0n) is 10.2. The van der Waals surface area contributed by atoms with E-state index < -0.39 is 0 Å². The number of benzene rings is 1. The first-order valence-electron chi connectivity index (χ1n) is 5.58. The summed E-state index contributed by atoms with van der Waals surface area (Å²) in [4.78, 5) is 15.5. The zero-order valence-corrected chi connectivity index (χ0v) is 11.0. The van der Waals surface area contributed by atoms with Crippen LogP contribution < -0.4 is 0 Å². The van der Waals surface area contributed by atoms with Gasteiger partial charge in [-0.3, -0.25) is 0 Å². The highest BCUT2D eigenvalue weighted by Gasteiger charge is 2.24. The van der Waals surface area contributed by atoms with Gasteiger partial charge in [0.2, 0.25) is 0 Å². The number of carbonyl (C=O) groups is 1. The minimum Gasteiger partial charge on any atom is -0.465 e. The maximum atomic E-state index is 11.6. The Kier molecular flexibility index (Phi) is 3.79. The summed E-state index contributed by atoms with van der Waals surface area (Å²) in [5, 5.41) is 3.81. The van der Waals surface area contributed by atoms with Crippen molar-refractivity contribution in [3.8, 4) is 0 Å². The monoisotopic (exact) mass is 263 g/mol. The number of nitrogens with zero attached hydrogens (tertiary/aromatic N) is 3. The first-order valence-corrected chi connectivity index (χ1v) is 6.56. The highest BCUT2D eigenvalue weighted by molar-refractivity contribution is 7.99. The molecule has 0 aliphatic carbocycles. The van der Waals surface area contributed by atoms with Crippen LogP contribution in [0.3, 0.4) is 0 Å². The van der Waals surface area contributed by atoms with Gasteiger partial charge < -0.3 is 4.74 Å². The normalized spacial score (nSPS) is 17.6. The molecule has 1 aliphatic rings. The number of ether oxygens (including phenoxy) is 1. The van der Waals surface area contributed by atoms with Crippen molar-refractivity contribution >= 4 is 17.7 Å². The van der Waals surface area contributed by atoms with Gasteiger partial charge in [0.15, 0.2) is 0 Å². The van der Waals surface area contributed by atoms with E-state index in [9.17, 15) is 4.79 Å². The molecular weight excluding hydrogens is 250 g/mol. The standard InChI is InChI=1S/C12H13N3O2S/c1-7-8(12(16)17-2)3-4-9-10(14-15-13)5-6-18-11(7)9/h3-4,10H,5-6H2,1-2H3/t10-/m0/s1. The smallest absolute Gasteiger partial charge is 0.338 e. The van der Waals surface area contributed by atoms with Gasteiger partial charge in [0.1, 0.15) is 0 Å². The fraction of sp³-hybridized carbons (Fsp3) is 0.417. The molecule has 0 fully saturated rings. The molecular formula is C12H13N3O2S. The molecule has 0 amide bonds. The maximum absolute atomic E-state index is 11.6. The number of rotatable bonds is 2. The molecule has 1 aliphatic heterocycles. The van der Waals surface area contributed by atoms with Gasteiger partial charge in [0.25, 0.3) is 0 Å². The lowest BCUT2D eigenvalue weighted by molar-refractivity contribution is 0.0599. The summed E-state index contributed by atoms with van der Waals surface area (Å²) in [6, 6.07) is 3.47. The fourth-order valence-electron chi connectivity index (χ4n) is 2.11.